The van der Waals surface area contributed by atoms with Gasteiger partial charge >= 0.3 is 6.18 Å². The second-order valence-corrected chi connectivity index (χ2v) is 5.73. The molecule has 0 aromatic heterocycles. The minimum absolute atomic E-state index is 0.435. The molecule has 2 nitrogen and oxygen atoms in total. The Bertz CT molecular complexity index is 524. The molecule has 2 rings (SSSR count). The Labute approximate surface area is 128 Å². The molecular weight excluding hydrogens is 354 g/mol. The minimum atomic E-state index is -4.59. The zero-order valence-corrected chi connectivity index (χ0v) is 12.7. The fraction of sp³-hybridized carbons (Fsp3) is 0.500. The molecule has 1 heterocycles. The first kappa shape index (κ1) is 16.3. The fourth-order valence-corrected chi connectivity index (χ4v) is 2.97. The Kier molecular flexibility index (Phi) is 4.91. The van der Waals surface area contributed by atoms with Gasteiger partial charge in [-0.2, -0.15) is 13.2 Å². The molecule has 1 amide bonds. The van der Waals surface area contributed by atoms with Gasteiger partial charge in [-0.25, -0.2) is 4.39 Å². The van der Waals surface area contributed by atoms with E-state index in [1.165, 1.54) is 4.90 Å². The van der Waals surface area contributed by atoms with Crippen LogP contribution in [0.2, 0.25) is 0 Å². The number of nitrogens with zero attached hydrogens (tertiary/aromatic N) is 1. The molecule has 1 aromatic carbocycles. The summed E-state index contributed by atoms with van der Waals surface area (Å²) in [6.07, 6.45) is -3.07. The second-order valence-electron chi connectivity index (χ2n) is 5.08. The van der Waals surface area contributed by atoms with Gasteiger partial charge in [0.05, 0.1) is 11.1 Å². The molecule has 0 atom stereocenters. The molecule has 0 radical (unpaired) electrons. The standard InChI is InChI=1S/C14H14BrF4NO/c15-8-9-3-5-20(6-4-9)13(21)11-7-10(14(17,18)19)1-2-12(11)16/h1-2,7,9H,3-6,8H2. The number of benzene rings is 1. The van der Waals surface area contributed by atoms with E-state index in [1.807, 2.05) is 0 Å². The second kappa shape index (κ2) is 6.34. The van der Waals surface area contributed by atoms with Gasteiger partial charge in [0.2, 0.25) is 0 Å². The highest BCUT2D eigenvalue weighted by molar-refractivity contribution is 9.09. The Balaban J connectivity index is 2.19. The third-order valence-electron chi connectivity index (χ3n) is 3.64. The summed E-state index contributed by atoms with van der Waals surface area (Å²) in [4.78, 5) is 13.6. The van der Waals surface area contributed by atoms with Crippen molar-refractivity contribution in [2.24, 2.45) is 5.92 Å². The number of hydrogen-bond donors (Lipinski definition) is 0. The molecule has 116 valence electrons. The van der Waals surface area contributed by atoms with Crippen LogP contribution >= 0.6 is 15.9 Å². The molecule has 1 saturated heterocycles. The van der Waals surface area contributed by atoms with Gasteiger partial charge in [0, 0.05) is 18.4 Å². The van der Waals surface area contributed by atoms with Crippen molar-refractivity contribution in [3.05, 3.63) is 35.1 Å². The number of hydrogen-bond acceptors (Lipinski definition) is 1. The van der Waals surface area contributed by atoms with Gasteiger partial charge in [-0.1, -0.05) is 15.9 Å². The summed E-state index contributed by atoms with van der Waals surface area (Å²) in [6.45, 7) is 0.871. The van der Waals surface area contributed by atoms with Crippen molar-refractivity contribution >= 4 is 21.8 Å². The SMILES string of the molecule is O=C(c1cc(C(F)(F)F)ccc1F)N1CCC(CBr)CC1. The van der Waals surface area contributed by atoms with Crippen molar-refractivity contribution in [1.82, 2.24) is 4.90 Å². The molecule has 1 aliphatic heterocycles. The molecule has 0 aliphatic carbocycles. The van der Waals surface area contributed by atoms with E-state index in [4.69, 9.17) is 0 Å². The Hall–Kier alpha value is -1.11. The fourth-order valence-electron chi connectivity index (χ4n) is 2.33. The van der Waals surface area contributed by atoms with Crippen LogP contribution in [0, 0.1) is 11.7 Å². The maximum absolute atomic E-state index is 13.7. The van der Waals surface area contributed by atoms with Crippen LogP contribution in [0.25, 0.3) is 0 Å². The highest BCUT2D eigenvalue weighted by Gasteiger charge is 2.33. The molecule has 0 spiro atoms. The highest BCUT2D eigenvalue weighted by Crippen LogP contribution is 2.31. The molecule has 7 heteroatoms. The summed E-state index contributed by atoms with van der Waals surface area (Å²) in [5.41, 5.74) is -1.52. The first-order chi connectivity index (χ1) is 9.82. The molecule has 1 aliphatic rings. The van der Waals surface area contributed by atoms with Crippen LogP contribution in [0.5, 0.6) is 0 Å². The van der Waals surface area contributed by atoms with Gasteiger partial charge in [0.15, 0.2) is 0 Å². The molecular formula is C14H14BrF4NO. The van der Waals surface area contributed by atoms with Crippen molar-refractivity contribution in [2.45, 2.75) is 19.0 Å². The molecule has 0 saturated carbocycles. The summed E-state index contributed by atoms with van der Waals surface area (Å²) < 4.78 is 51.6. The third-order valence-corrected chi connectivity index (χ3v) is 4.56. The number of carbonyl (C=O) groups is 1. The van der Waals surface area contributed by atoms with Crippen molar-refractivity contribution < 1.29 is 22.4 Å². The number of likely N-dealkylation sites (tertiary alicyclic amines) is 1. The molecule has 0 bridgehead atoms. The van der Waals surface area contributed by atoms with E-state index in [0.717, 1.165) is 18.2 Å². The lowest BCUT2D eigenvalue weighted by Crippen LogP contribution is -2.39. The van der Waals surface area contributed by atoms with Crippen LogP contribution < -0.4 is 0 Å². The summed E-state index contributed by atoms with van der Waals surface area (Å²) in [7, 11) is 0. The van der Waals surface area contributed by atoms with Gasteiger partial charge < -0.3 is 4.90 Å². The topological polar surface area (TPSA) is 20.3 Å². The number of amides is 1. The Morgan fingerprint density at radius 2 is 1.90 bits per heavy atom. The molecule has 0 unspecified atom stereocenters. The smallest absolute Gasteiger partial charge is 0.339 e. The average molecular weight is 368 g/mol. The maximum atomic E-state index is 13.7. The number of carbonyl (C=O) groups excluding carboxylic acids is 1. The maximum Gasteiger partial charge on any atom is 0.416 e. The summed E-state index contributed by atoms with van der Waals surface area (Å²) >= 11 is 3.37. The highest BCUT2D eigenvalue weighted by atomic mass is 79.9. The van der Waals surface area contributed by atoms with Crippen LogP contribution in [0.15, 0.2) is 18.2 Å². The number of rotatable bonds is 2. The summed E-state index contributed by atoms with van der Waals surface area (Å²) in [6, 6.07) is 1.93. The van der Waals surface area contributed by atoms with Gasteiger partial charge in [0.1, 0.15) is 5.82 Å². The van der Waals surface area contributed by atoms with Crippen LogP contribution in [0.4, 0.5) is 17.6 Å². The zero-order chi connectivity index (χ0) is 15.6. The van der Waals surface area contributed by atoms with Crippen molar-refractivity contribution in [2.75, 3.05) is 18.4 Å². The first-order valence-electron chi connectivity index (χ1n) is 6.55. The predicted octanol–water partition coefficient (Wildman–Crippen LogP) is 4.09. The molecule has 21 heavy (non-hydrogen) atoms. The van der Waals surface area contributed by atoms with Crippen LogP contribution in [0.1, 0.15) is 28.8 Å². The molecule has 1 aromatic rings. The van der Waals surface area contributed by atoms with E-state index in [2.05, 4.69) is 15.9 Å². The number of halogens is 5. The normalized spacial score (nSPS) is 17.1. The Morgan fingerprint density at radius 1 is 1.29 bits per heavy atom. The third kappa shape index (κ3) is 3.75. The molecule has 1 fully saturated rings. The van der Waals surface area contributed by atoms with E-state index in [9.17, 15) is 22.4 Å². The van der Waals surface area contributed by atoms with Crippen molar-refractivity contribution in [3.8, 4) is 0 Å². The lowest BCUT2D eigenvalue weighted by molar-refractivity contribution is -0.137. The van der Waals surface area contributed by atoms with Gasteiger partial charge in [-0.3, -0.25) is 4.79 Å². The first-order valence-corrected chi connectivity index (χ1v) is 7.67. The monoisotopic (exact) mass is 367 g/mol. The van der Waals surface area contributed by atoms with E-state index >= 15 is 0 Å². The van der Waals surface area contributed by atoms with Crippen molar-refractivity contribution in [1.29, 1.82) is 0 Å². The predicted molar refractivity (Wildman–Crippen MR) is 73.8 cm³/mol. The van der Waals surface area contributed by atoms with Gasteiger partial charge in [-0.15, -0.1) is 0 Å². The Morgan fingerprint density at radius 3 is 2.43 bits per heavy atom. The van der Waals surface area contributed by atoms with Crippen LogP contribution in [0.3, 0.4) is 0 Å². The van der Waals surface area contributed by atoms with E-state index in [0.29, 0.717) is 37.2 Å². The van der Waals surface area contributed by atoms with Gasteiger partial charge in [-0.05, 0) is 37.0 Å². The average Bonchev–Trinajstić information content (AvgIpc) is 2.46. The van der Waals surface area contributed by atoms with E-state index in [1.54, 1.807) is 0 Å². The van der Waals surface area contributed by atoms with Gasteiger partial charge in [0.25, 0.3) is 5.91 Å². The largest absolute Gasteiger partial charge is 0.416 e. The minimum Gasteiger partial charge on any atom is -0.339 e. The van der Waals surface area contributed by atoms with Crippen LogP contribution in [-0.2, 0) is 6.18 Å². The van der Waals surface area contributed by atoms with E-state index in [-0.39, 0.29) is 0 Å². The number of piperidine rings is 1. The quantitative estimate of drug-likeness (QED) is 0.569. The summed E-state index contributed by atoms with van der Waals surface area (Å²) in [5.74, 6) is -1.15. The van der Waals surface area contributed by atoms with E-state index < -0.39 is 29.0 Å². The zero-order valence-electron chi connectivity index (χ0n) is 11.1. The molecule has 0 N–H and O–H groups in total. The summed E-state index contributed by atoms with van der Waals surface area (Å²) in [5, 5.41) is 0.826. The lowest BCUT2D eigenvalue weighted by Gasteiger charge is -2.31. The number of alkyl halides is 4. The van der Waals surface area contributed by atoms with Crippen LogP contribution in [-0.4, -0.2) is 29.2 Å². The lowest BCUT2D eigenvalue weighted by atomic mass is 9.98. The van der Waals surface area contributed by atoms with Crippen molar-refractivity contribution in [3.63, 3.8) is 0 Å².